The van der Waals surface area contributed by atoms with Crippen LogP contribution in [0.1, 0.15) is 19.3 Å². The van der Waals surface area contributed by atoms with Gasteiger partial charge in [-0.05, 0) is 12.2 Å². The predicted octanol–water partition coefficient (Wildman–Crippen LogP) is 0.580. The first-order valence-corrected chi connectivity index (χ1v) is 5.80. The van der Waals surface area contributed by atoms with Gasteiger partial charge >= 0.3 is 5.97 Å². The monoisotopic (exact) mass is 238 g/mol. The maximum atomic E-state index is 11.6. The Morgan fingerprint density at radius 1 is 1.41 bits per heavy atom. The third-order valence-corrected chi connectivity index (χ3v) is 3.82. The van der Waals surface area contributed by atoms with Gasteiger partial charge in [-0.15, -0.1) is 0 Å². The largest absolute Gasteiger partial charge is 0.458 e. The highest BCUT2D eigenvalue weighted by Crippen LogP contribution is 2.53. The highest BCUT2D eigenvalue weighted by molar-refractivity contribution is 5.73. The highest BCUT2D eigenvalue weighted by Gasteiger charge is 2.60. The fourth-order valence-electron chi connectivity index (χ4n) is 3.06. The lowest BCUT2D eigenvalue weighted by Gasteiger charge is -2.50. The summed E-state index contributed by atoms with van der Waals surface area (Å²) in [7, 11) is 0. The lowest BCUT2D eigenvalue weighted by molar-refractivity contribution is -0.236. The van der Waals surface area contributed by atoms with E-state index in [1.54, 1.807) is 6.08 Å². The molecule has 1 aliphatic carbocycles. The Kier molecular flexibility index (Phi) is 2.34. The molecule has 3 aliphatic rings. The zero-order chi connectivity index (χ0) is 11.9. The van der Waals surface area contributed by atoms with Gasteiger partial charge in [-0.2, -0.15) is 0 Å². The molecule has 92 valence electrons. The van der Waals surface area contributed by atoms with Gasteiger partial charge in [-0.1, -0.05) is 0 Å². The van der Waals surface area contributed by atoms with Crippen molar-refractivity contribution in [2.45, 2.75) is 31.2 Å². The average Bonchev–Trinajstić information content (AvgIpc) is 2.74. The van der Waals surface area contributed by atoms with Crippen LogP contribution in [0.3, 0.4) is 0 Å². The van der Waals surface area contributed by atoms with Crippen LogP contribution in [0.15, 0.2) is 12.2 Å². The molecule has 2 fully saturated rings. The molecule has 2 atom stereocenters. The number of esters is 1. The van der Waals surface area contributed by atoms with Gasteiger partial charge in [0.15, 0.2) is 5.79 Å². The van der Waals surface area contributed by atoms with E-state index >= 15 is 0 Å². The topological polar surface area (TPSA) is 61.8 Å². The van der Waals surface area contributed by atoms with Gasteiger partial charge in [0.2, 0.25) is 0 Å². The van der Waals surface area contributed by atoms with Crippen LogP contribution in [0.25, 0.3) is 0 Å². The van der Waals surface area contributed by atoms with Gasteiger partial charge in [0.1, 0.15) is 12.4 Å². The van der Waals surface area contributed by atoms with Crippen molar-refractivity contribution in [3.05, 3.63) is 12.2 Å². The van der Waals surface area contributed by atoms with Crippen LogP contribution < -0.4 is 0 Å². The average molecular weight is 238 g/mol. The number of rotatable bonds is 2. The van der Waals surface area contributed by atoms with Crippen LogP contribution in [0.5, 0.6) is 0 Å². The van der Waals surface area contributed by atoms with Crippen LogP contribution >= 0.6 is 0 Å². The van der Waals surface area contributed by atoms with E-state index < -0.39 is 11.2 Å². The molecule has 2 heterocycles. The van der Waals surface area contributed by atoms with Crippen LogP contribution in [0.4, 0.5) is 0 Å². The highest BCUT2D eigenvalue weighted by atomic mass is 16.7. The normalized spacial score (nSPS) is 38.1. The van der Waals surface area contributed by atoms with Crippen molar-refractivity contribution in [2.75, 3.05) is 13.2 Å². The van der Waals surface area contributed by atoms with E-state index in [0.29, 0.717) is 19.6 Å². The minimum atomic E-state index is -0.913. The molecule has 2 unspecified atom stereocenters. The molecular formula is C12H14O5. The van der Waals surface area contributed by atoms with E-state index in [-0.39, 0.29) is 24.9 Å². The first kappa shape index (κ1) is 10.9. The molecule has 0 amide bonds. The van der Waals surface area contributed by atoms with Gasteiger partial charge in [-0.25, -0.2) is 0 Å². The number of aldehydes is 1. The molecule has 17 heavy (non-hydrogen) atoms. The number of hydrogen-bond acceptors (Lipinski definition) is 5. The fraction of sp³-hybridized carbons (Fsp3) is 0.667. The molecule has 5 heteroatoms. The summed E-state index contributed by atoms with van der Waals surface area (Å²) in [6.45, 7) is 0.981. The molecule has 0 radical (unpaired) electrons. The van der Waals surface area contributed by atoms with Crippen molar-refractivity contribution >= 4 is 12.3 Å². The molecule has 1 spiro atoms. The van der Waals surface area contributed by atoms with Gasteiger partial charge in [0.25, 0.3) is 0 Å². The van der Waals surface area contributed by atoms with E-state index in [1.807, 2.05) is 6.08 Å². The smallest absolute Gasteiger partial charge is 0.307 e. The number of carbonyl (C=O) groups is 2. The van der Waals surface area contributed by atoms with E-state index in [0.717, 1.165) is 6.29 Å². The van der Waals surface area contributed by atoms with Crippen molar-refractivity contribution in [1.82, 2.24) is 0 Å². The summed E-state index contributed by atoms with van der Waals surface area (Å²) in [6, 6.07) is 0. The van der Waals surface area contributed by atoms with E-state index in [9.17, 15) is 9.59 Å². The second-order valence-corrected chi connectivity index (χ2v) is 4.78. The van der Waals surface area contributed by atoms with Gasteiger partial charge in [0.05, 0.1) is 19.6 Å². The van der Waals surface area contributed by atoms with Crippen molar-refractivity contribution in [3.8, 4) is 0 Å². The minimum Gasteiger partial charge on any atom is -0.458 e. The summed E-state index contributed by atoms with van der Waals surface area (Å²) in [4.78, 5) is 22.5. The summed E-state index contributed by atoms with van der Waals surface area (Å²) in [5.74, 6) is -1.20. The predicted molar refractivity (Wildman–Crippen MR) is 56.0 cm³/mol. The molecule has 2 bridgehead atoms. The van der Waals surface area contributed by atoms with Crippen molar-refractivity contribution in [1.29, 1.82) is 0 Å². The Bertz CT molecular complexity index is 382. The SMILES string of the molecule is O=CCC12CC(=O)OC(C=CC13OCCO3)C2. The van der Waals surface area contributed by atoms with E-state index in [4.69, 9.17) is 14.2 Å². The molecule has 0 aromatic rings. The summed E-state index contributed by atoms with van der Waals surface area (Å²) >= 11 is 0. The molecular weight excluding hydrogens is 224 g/mol. The molecule has 0 saturated carbocycles. The Hall–Kier alpha value is -1.20. The first-order valence-electron chi connectivity index (χ1n) is 5.80. The Morgan fingerprint density at radius 2 is 2.18 bits per heavy atom. The van der Waals surface area contributed by atoms with Crippen LogP contribution in [-0.4, -0.2) is 37.4 Å². The molecule has 3 rings (SSSR count). The van der Waals surface area contributed by atoms with Crippen molar-refractivity contribution < 1.29 is 23.8 Å². The third-order valence-electron chi connectivity index (χ3n) is 3.82. The van der Waals surface area contributed by atoms with Crippen LogP contribution in [-0.2, 0) is 23.8 Å². The standard InChI is InChI=1S/C12H14O5/c13-4-3-11-7-9(17-10(14)8-11)1-2-12(11)15-5-6-16-12/h1-2,4,9H,3,5-8H2. The zero-order valence-electron chi connectivity index (χ0n) is 9.39. The zero-order valence-corrected chi connectivity index (χ0v) is 9.39. The molecule has 2 aliphatic heterocycles. The van der Waals surface area contributed by atoms with Crippen LogP contribution in [0, 0.1) is 5.41 Å². The Labute approximate surface area is 98.7 Å². The number of hydrogen-bond donors (Lipinski definition) is 0. The van der Waals surface area contributed by atoms with Crippen molar-refractivity contribution in [3.63, 3.8) is 0 Å². The maximum absolute atomic E-state index is 11.6. The second kappa shape index (κ2) is 3.65. The molecule has 0 N–H and O–H groups in total. The maximum Gasteiger partial charge on any atom is 0.307 e. The lowest BCUT2D eigenvalue weighted by Crippen LogP contribution is -2.56. The summed E-state index contributed by atoms with van der Waals surface area (Å²) < 4.78 is 16.6. The quantitative estimate of drug-likeness (QED) is 0.400. The Balaban J connectivity index is 2.04. The van der Waals surface area contributed by atoms with E-state index in [1.165, 1.54) is 0 Å². The van der Waals surface area contributed by atoms with Crippen LogP contribution in [0.2, 0.25) is 0 Å². The molecule has 0 aromatic carbocycles. The second-order valence-electron chi connectivity index (χ2n) is 4.78. The van der Waals surface area contributed by atoms with Gasteiger partial charge in [0, 0.05) is 18.3 Å². The molecule has 2 saturated heterocycles. The van der Waals surface area contributed by atoms with Gasteiger partial charge < -0.3 is 19.0 Å². The summed E-state index contributed by atoms with van der Waals surface area (Å²) in [5.41, 5.74) is -0.597. The van der Waals surface area contributed by atoms with E-state index in [2.05, 4.69) is 0 Å². The number of ether oxygens (including phenoxy) is 3. The minimum absolute atomic E-state index is 0.173. The van der Waals surface area contributed by atoms with Gasteiger partial charge in [-0.3, -0.25) is 4.79 Å². The molecule has 0 aromatic heterocycles. The number of fused-ring (bicyclic) bond motifs is 3. The fourth-order valence-corrected chi connectivity index (χ4v) is 3.06. The van der Waals surface area contributed by atoms with Crippen molar-refractivity contribution in [2.24, 2.45) is 5.41 Å². The summed E-state index contributed by atoms with van der Waals surface area (Å²) in [6.07, 6.45) is 5.20. The number of carbonyl (C=O) groups excluding carboxylic acids is 2. The molecule has 5 nitrogen and oxygen atoms in total. The Morgan fingerprint density at radius 3 is 2.88 bits per heavy atom. The third kappa shape index (κ3) is 1.46. The lowest BCUT2D eigenvalue weighted by atomic mass is 9.66. The first-order chi connectivity index (χ1) is 8.20. The summed E-state index contributed by atoms with van der Waals surface area (Å²) in [5, 5.41) is 0.